The van der Waals surface area contributed by atoms with Crippen LogP contribution in [0.3, 0.4) is 0 Å². The molecule has 18 aromatic rings. The van der Waals surface area contributed by atoms with Crippen molar-refractivity contribution in [3.8, 4) is 22.3 Å². The van der Waals surface area contributed by atoms with Gasteiger partial charge in [0.15, 0.2) is 0 Å². The largest absolute Gasteiger partial charge is 0.310 e. The Kier molecular flexibility index (Phi) is 14.0. The monoisotopic (exact) mass is 1250 g/mol. The number of hydrogen-bond donors (Lipinski definition) is 0. The Hall–Kier alpha value is -9.24. The molecule has 0 amide bonds. The Balaban J connectivity index is 0.000000117. The predicted octanol–water partition coefficient (Wildman–Crippen LogP) is 26.0. The van der Waals surface area contributed by atoms with Gasteiger partial charge in [-0.15, -0.1) is 45.3 Å². The van der Waals surface area contributed by atoms with Crippen LogP contribution < -0.4 is 4.90 Å². The van der Waals surface area contributed by atoms with Crippen molar-refractivity contribution in [2.75, 3.05) is 4.90 Å². The highest BCUT2D eigenvalue weighted by atomic mass is 79.9. The van der Waals surface area contributed by atoms with Crippen molar-refractivity contribution >= 4 is 181 Å². The summed E-state index contributed by atoms with van der Waals surface area (Å²) in [6, 6.07) is 110. The van der Waals surface area contributed by atoms with Gasteiger partial charge in [-0.05, 0) is 165 Å². The van der Waals surface area contributed by atoms with Crippen LogP contribution in [0.5, 0.6) is 0 Å². The fraction of sp³-hybridized carbons (Fsp3) is 0.0123. The van der Waals surface area contributed by atoms with Crippen molar-refractivity contribution in [3.05, 3.63) is 319 Å². The molecule has 1 nitrogen and oxygen atoms in total. The molecule has 0 aliphatic carbocycles. The fourth-order valence-electron chi connectivity index (χ4n) is 12.5. The second-order valence-electron chi connectivity index (χ2n) is 22.0. The van der Waals surface area contributed by atoms with Gasteiger partial charge in [-0.25, -0.2) is 0 Å². The van der Waals surface area contributed by atoms with Crippen LogP contribution in [0.4, 0.5) is 17.1 Å². The van der Waals surface area contributed by atoms with E-state index in [0.29, 0.717) is 0 Å². The van der Waals surface area contributed by atoms with Crippen LogP contribution in [-0.2, 0) is 6.42 Å². The van der Waals surface area contributed by atoms with Gasteiger partial charge >= 0.3 is 0 Å². The van der Waals surface area contributed by atoms with Gasteiger partial charge in [0.2, 0.25) is 0 Å². The first-order valence-corrected chi connectivity index (χ1v) is 33.3. The Labute approximate surface area is 528 Å². The first kappa shape index (κ1) is 53.2. The van der Waals surface area contributed by atoms with E-state index in [-0.39, 0.29) is 0 Å². The first-order chi connectivity index (χ1) is 43.0. The molecule has 0 N–H and O–H groups in total. The lowest BCUT2D eigenvalue weighted by Crippen LogP contribution is -2.10. The Morgan fingerprint density at radius 3 is 1.16 bits per heavy atom. The number of rotatable bonds is 7. The summed E-state index contributed by atoms with van der Waals surface area (Å²) in [5.41, 5.74) is 11.2. The fourth-order valence-corrected chi connectivity index (χ4v) is 17.1. The average molecular weight is 1250 g/mol. The van der Waals surface area contributed by atoms with Gasteiger partial charge in [-0.2, -0.15) is 0 Å². The van der Waals surface area contributed by atoms with E-state index in [0.717, 1.165) is 22.3 Å². The lowest BCUT2D eigenvalue weighted by molar-refractivity contribution is 1.22. The van der Waals surface area contributed by atoms with Crippen LogP contribution in [-0.4, -0.2) is 0 Å². The minimum absolute atomic E-state index is 0.974. The number of thiophene rings is 4. The lowest BCUT2D eigenvalue weighted by Gasteiger charge is -2.27. The van der Waals surface area contributed by atoms with Crippen LogP contribution in [0.15, 0.2) is 308 Å². The zero-order valence-corrected chi connectivity index (χ0v) is 51.9. The summed E-state index contributed by atoms with van der Waals surface area (Å²) in [6.07, 6.45) is 0.974. The summed E-state index contributed by atoms with van der Waals surface area (Å²) >= 11 is 10.9. The Morgan fingerprint density at radius 1 is 0.253 bits per heavy atom. The molecule has 14 aromatic carbocycles. The second-order valence-corrected chi connectivity index (χ2v) is 27.3. The van der Waals surface area contributed by atoms with Crippen molar-refractivity contribution in [2.45, 2.75) is 6.42 Å². The quantitative estimate of drug-likeness (QED) is 0.154. The van der Waals surface area contributed by atoms with Gasteiger partial charge in [0.25, 0.3) is 0 Å². The van der Waals surface area contributed by atoms with Crippen LogP contribution in [0.1, 0.15) is 11.1 Å². The molecule has 0 bridgehead atoms. The third-order valence-corrected chi connectivity index (χ3v) is 21.9. The van der Waals surface area contributed by atoms with E-state index in [1.54, 1.807) is 0 Å². The number of fused-ring (bicyclic) bond motifs is 14. The molecule has 4 heterocycles. The van der Waals surface area contributed by atoms with Crippen molar-refractivity contribution in [2.24, 2.45) is 0 Å². The maximum Gasteiger partial charge on any atom is 0.0540 e. The summed E-state index contributed by atoms with van der Waals surface area (Å²) in [7, 11) is 0. The molecule has 0 unspecified atom stereocenters. The molecule has 0 fully saturated rings. The summed E-state index contributed by atoms with van der Waals surface area (Å²) < 4.78 is 11.9. The standard InChI is InChI=1S/C40H25NS2.C23H16S.C18H11BrS/c1-2-10-31-27(8-1)9-7-13-36(31)41(30-21-23-40-35(25-30)33-12-4-6-15-38(33)43-40)29-19-16-26(17-20-29)28-18-22-39-34(24-28)32-11-3-5-14-37(32)42-39;1-2-9-19-17(6-1)7-5-8-18(19)14-16-12-13-23-21(15-16)20-10-3-4-11-22(20)24-23;19-14-8-5-12(6-9-14)13-7-10-18-16(11-13)15-3-1-2-4-17(15)20-18/h1-25H;1-13,15H,14H2;1-11H. The molecule has 0 atom stereocenters. The Bertz CT molecular complexity index is 5580. The SMILES string of the molecule is Brc1ccc(-c2ccc3sc4ccccc4c3c2)cc1.c1ccc2c(Cc3ccc4sc5ccccc5c4c3)cccc2c1.c1ccc2c(N(c3ccc(-c4ccc5sc6ccccc6c5c4)cc3)c3ccc4sc5ccccc5c4c3)cccc2c1. The van der Waals surface area contributed by atoms with Crippen molar-refractivity contribution in [1.82, 2.24) is 0 Å². The van der Waals surface area contributed by atoms with Crippen LogP contribution >= 0.6 is 61.3 Å². The van der Waals surface area contributed by atoms with E-state index >= 15 is 0 Å². The zero-order chi connectivity index (χ0) is 57.8. The van der Waals surface area contributed by atoms with Gasteiger partial charge in [0, 0.05) is 102 Å². The van der Waals surface area contributed by atoms with Crippen molar-refractivity contribution < 1.29 is 0 Å². The maximum absolute atomic E-state index is 3.49. The summed E-state index contributed by atoms with van der Waals surface area (Å²) in [5.74, 6) is 0. The number of benzene rings is 14. The van der Waals surface area contributed by atoms with Crippen LogP contribution in [0.2, 0.25) is 0 Å². The maximum atomic E-state index is 3.49. The third-order valence-electron chi connectivity index (χ3n) is 16.7. The van der Waals surface area contributed by atoms with E-state index in [2.05, 4.69) is 324 Å². The number of hydrogen-bond acceptors (Lipinski definition) is 5. The molecule has 0 saturated heterocycles. The zero-order valence-electron chi connectivity index (χ0n) is 47.0. The average Bonchev–Trinajstić information content (AvgIpc) is 3.17. The minimum atomic E-state index is 0.974. The molecule has 412 valence electrons. The highest BCUT2D eigenvalue weighted by molar-refractivity contribution is 9.10. The molecule has 6 heteroatoms. The highest BCUT2D eigenvalue weighted by Crippen LogP contribution is 2.45. The van der Waals surface area contributed by atoms with E-state index in [1.807, 2.05) is 45.3 Å². The van der Waals surface area contributed by atoms with E-state index in [9.17, 15) is 0 Å². The van der Waals surface area contributed by atoms with Crippen molar-refractivity contribution in [3.63, 3.8) is 0 Å². The van der Waals surface area contributed by atoms with Gasteiger partial charge in [-0.1, -0.05) is 210 Å². The van der Waals surface area contributed by atoms with Gasteiger partial charge in [0.05, 0.1) is 5.69 Å². The lowest BCUT2D eigenvalue weighted by atomic mass is 9.97. The summed E-state index contributed by atoms with van der Waals surface area (Å²) in [5, 5.41) is 15.9. The molecule has 0 saturated carbocycles. The van der Waals surface area contributed by atoms with Crippen LogP contribution in [0, 0.1) is 0 Å². The molecule has 4 aromatic heterocycles. The van der Waals surface area contributed by atoms with Crippen LogP contribution in [0.25, 0.3) is 124 Å². The molecule has 0 aliphatic rings. The minimum Gasteiger partial charge on any atom is -0.310 e. The molecule has 0 aliphatic heterocycles. The number of anilines is 3. The smallest absolute Gasteiger partial charge is 0.0540 e. The summed E-state index contributed by atoms with van der Waals surface area (Å²) in [4.78, 5) is 2.41. The predicted molar refractivity (Wildman–Crippen MR) is 388 cm³/mol. The number of halogens is 1. The van der Waals surface area contributed by atoms with Gasteiger partial charge < -0.3 is 4.90 Å². The molecule has 18 rings (SSSR count). The third kappa shape index (κ3) is 10.2. The molecular formula is C81H52BrNS4. The molecule has 0 spiro atoms. The Morgan fingerprint density at radius 2 is 0.621 bits per heavy atom. The van der Waals surface area contributed by atoms with E-state index < -0.39 is 0 Å². The summed E-state index contributed by atoms with van der Waals surface area (Å²) in [6.45, 7) is 0. The van der Waals surface area contributed by atoms with E-state index in [1.165, 1.54) is 141 Å². The number of nitrogens with zero attached hydrogens (tertiary/aromatic N) is 1. The van der Waals surface area contributed by atoms with Gasteiger partial charge in [-0.3, -0.25) is 0 Å². The van der Waals surface area contributed by atoms with E-state index in [4.69, 9.17) is 0 Å². The van der Waals surface area contributed by atoms with Gasteiger partial charge in [0.1, 0.15) is 0 Å². The molecule has 87 heavy (non-hydrogen) atoms. The second kappa shape index (κ2) is 22.9. The topological polar surface area (TPSA) is 3.24 Å². The normalized spacial score (nSPS) is 11.6. The molecule has 0 radical (unpaired) electrons. The highest BCUT2D eigenvalue weighted by Gasteiger charge is 2.18. The van der Waals surface area contributed by atoms with Crippen molar-refractivity contribution in [1.29, 1.82) is 0 Å². The molecular weight excluding hydrogens is 1200 g/mol. The first-order valence-electron chi connectivity index (χ1n) is 29.2.